The van der Waals surface area contributed by atoms with Crippen LogP contribution in [0.1, 0.15) is 44.1 Å². The Kier molecular flexibility index (Phi) is 3.99. The molecule has 0 radical (unpaired) electrons. The molecule has 0 aromatic heterocycles. The highest BCUT2D eigenvalue weighted by molar-refractivity contribution is 6.31. The van der Waals surface area contributed by atoms with Gasteiger partial charge in [0, 0.05) is 28.9 Å². The molecule has 0 bridgehead atoms. The molecule has 1 aliphatic heterocycles. The maximum Gasteiger partial charge on any atom is 0.0471 e. The standard InChI is InChI=1S/C16H23ClN2/c17-14-7-3-8-15(18)13(14)11-19-10-4-6-12-5-1-2-9-16(12)19/h3,7-8,12,16H,1-2,4-6,9-11,18H2/t12-,16-/m1/s1. The fourth-order valence-corrected chi connectivity index (χ4v) is 4.11. The number of nitrogens with zero attached hydrogens (tertiary/aromatic N) is 1. The minimum absolute atomic E-state index is 0.762. The van der Waals surface area contributed by atoms with E-state index in [1.54, 1.807) is 0 Å². The first kappa shape index (κ1) is 13.3. The van der Waals surface area contributed by atoms with Crippen LogP contribution in [0.5, 0.6) is 0 Å². The predicted octanol–water partition coefficient (Wildman–Crippen LogP) is 4.08. The third-order valence-electron chi connectivity index (χ3n) is 4.87. The van der Waals surface area contributed by atoms with Crippen LogP contribution in [0.15, 0.2) is 18.2 Å². The van der Waals surface area contributed by atoms with E-state index in [2.05, 4.69) is 4.90 Å². The molecule has 1 heterocycles. The summed E-state index contributed by atoms with van der Waals surface area (Å²) in [6.45, 7) is 2.12. The SMILES string of the molecule is Nc1cccc(Cl)c1CN1CCC[C@H]2CCCC[C@H]21. The van der Waals surface area contributed by atoms with Gasteiger partial charge < -0.3 is 5.73 Å². The Hall–Kier alpha value is -0.730. The minimum Gasteiger partial charge on any atom is -0.398 e. The normalized spacial score (nSPS) is 28.1. The Labute approximate surface area is 120 Å². The average molecular weight is 279 g/mol. The second-order valence-corrected chi connectivity index (χ2v) is 6.44. The maximum atomic E-state index is 6.32. The van der Waals surface area contributed by atoms with Crippen LogP contribution >= 0.6 is 11.6 Å². The van der Waals surface area contributed by atoms with Gasteiger partial charge in [-0.1, -0.05) is 30.5 Å². The second kappa shape index (κ2) is 5.72. The van der Waals surface area contributed by atoms with Gasteiger partial charge in [-0.05, 0) is 50.3 Å². The van der Waals surface area contributed by atoms with Crippen molar-refractivity contribution in [3.63, 3.8) is 0 Å². The van der Waals surface area contributed by atoms with Crippen LogP contribution < -0.4 is 5.73 Å². The summed E-state index contributed by atoms with van der Waals surface area (Å²) in [4.78, 5) is 2.63. The Morgan fingerprint density at radius 3 is 2.79 bits per heavy atom. The Morgan fingerprint density at radius 1 is 1.16 bits per heavy atom. The molecule has 1 saturated heterocycles. The number of piperidine rings is 1. The van der Waals surface area contributed by atoms with E-state index in [9.17, 15) is 0 Å². The lowest BCUT2D eigenvalue weighted by Crippen LogP contribution is -2.46. The van der Waals surface area contributed by atoms with Crippen molar-refractivity contribution in [1.29, 1.82) is 0 Å². The number of halogens is 1. The third kappa shape index (κ3) is 2.75. The number of likely N-dealkylation sites (tertiary alicyclic amines) is 1. The van der Waals surface area contributed by atoms with Crippen molar-refractivity contribution in [3.8, 4) is 0 Å². The van der Waals surface area contributed by atoms with Crippen molar-refractivity contribution < 1.29 is 0 Å². The highest BCUT2D eigenvalue weighted by Crippen LogP contribution is 2.37. The van der Waals surface area contributed by atoms with Crippen LogP contribution in [0.3, 0.4) is 0 Å². The van der Waals surface area contributed by atoms with Crippen LogP contribution in [0.25, 0.3) is 0 Å². The second-order valence-electron chi connectivity index (χ2n) is 6.03. The van der Waals surface area contributed by atoms with E-state index in [1.165, 1.54) is 45.1 Å². The first-order valence-electron chi connectivity index (χ1n) is 7.52. The molecule has 2 nitrogen and oxygen atoms in total. The fourth-order valence-electron chi connectivity index (χ4n) is 3.87. The summed E-state index contributed by atoms with van der Waals surface area (Å²) in [5.74, 6) is 0.909. The predicted molar refractivity (Wildman–Crippen MR) is 81.3 cm³/mol. The van der Waals surface area contributed by atoms with E-state index in [0.29, 0.717) is 0 Å². The zero-order valence-corrected chi connectivity index (χ0v) is 12.2. The van der Waals surface area contributed by atoms with Gasteiger partial charge in [0.05, 0.1) is 0 Å². The van der Waals surface area contributed by atoms with Crippen molar-refractivity contribution in [1.82, 2.24) is 4.90 Å². The van der Waals surface area contributed by atoms with Gasteiger partial charge in [-0.15, -0.1) is 0 Å². The first-order valence-corrected chi connectivity index (χ1v) is 7.90. The number of fused-ring (bicyclic) bond motifs is 1. The van der Waals surface area contributed by atoms with Crippen LogP contribution in [-0.4, -0.2) is 17.5 Å². The van der Waals surface area contributed by atoms with E-state index in [1.807, 2.05) is 18.2 Å². The van der Waals surface area contributed by atoms with Crippen molar-refractivity contribution in [2.45, 2.75) is 51.1 Å². The van der Waals surface area contributed by atoms with Gasteiger partial charge >= 0.3 is 0 Å². The molecule has 1 saturated carbocycles. The largest absolute Gasteiger partial charge is 0.398 e. The van der Waals surface area contributed by atoms with Crippen molar-refractivity contribution >= 4 is 17.3 Å². The Morgan fingerprint density at radius 2 is 1.95 bits per heavy atom. The zero-order valence-electron chi connectivity index (χ0n) is 11.4. The number of hydrogen-bond donors (Lipinski definition) is 1. The van der Waals surface area contributed by atoms with Gasteiger partial charge in [0.1, 0.15) is 0 Å². The maximum absolute atomic E-state index is 6.32. The van der Waals surface area contributed by atoms with E-state index >= 15 is 0 Å². The number of rotatable bonds is 2. The summed E-state index contributed by atoms with van der Waals surface area (Å²) >= 11 is 6.32. The summed E-state index contributed by atoms with van der Waals surface area (Å²) in [7, 11) is 0. The topological polar surface area (TPSA) is 29.3 Å². The molecule has 19 heavy (non-hydrogen) atoms. The number of anilines is 1. The summed E-state index contributed by atoms with van der Waals surface area (Å²) in [5, 5.41) is 0.818. The van der Waals surface area contributed by atoms with Crippen molar-refractivity contribution in [2.75, 3.05) is 12.3 Å². The zero-order chi connectivity index (χ0) is 13.2. The third-order valence-corrected chi connectivity index (χ3v) is 5.23. The minimum atomic E-state index is 0.762. The molecular weight excluding hydrogens is 256 g/mol. The molecule has 0 unspecified atom stereocenters. The number of nitrogen functional groups attached to an aromatic ring is 1. The molecule has 2 aliphatic rings. The van der Waals surface area contributed by atoms with Gasteiger partial charge in [0.2, 0.25) is 0 Å². The van der Waals surface area contributed by atoms with Gasteiger partial charge in [-0.25, -0.2) is 0 Å². The monoisotopic (exact) mass is 278 g/mol. The molecule has 104 valence electrons. The smallest absolute Gasteiger partial charge is 0.0471 e. The van der Waals surface area contributed by atoms with E-state index in [4.69, 9.17) is 17.3 Å². The summed E-state index contributed by atoms with van der Waals surface area (Å²) in [6, 6.07) is 6.61. The molecule has 1 aliphatic carbocycles. The molecule has 0 amide bonds. The van der Waals surface area contributed by atoms with Crippen LogP contribution in [0, 0.1) is 5.92 Å². The molecule has 0 spiro atoms. The van der Waals surface area contributed by atoms with Gasteiger partial charge in [-0.2, -0.15) is 0 Å². The van der Waals surface area contributed by atoms with E-state index in [-0.39, 0.29) is 0 Å². The number of nitrogens with two attached hydrogens (primary N) is 1. The van der Waals surface area contributed by atoms with Crippen molar-refractivity contribution in [2.24, 2.45) is 5.92 Å². The van der Waals surface area contributed by atoms with Gasteiger partial charge in [0.25, 0.3) is 0 Å². The lowest BCUT2D eigenvalue weighted by atomic mass is 9.78. The highest BCUT2D eigenvalue weighted by Gasteiger charge is 2.33. The van der Waals surface area contributed by atoms with E-state index < -0.39 is 0 Å². The molecule has 3 rings (SSSR count). The molecule has 2 N–H and O–H groups in total. The lowest BCUT2D eigenvalue weighted by Gasteiger charge is -2.44. The Bertz CT molecular complexity index is 424. The highest BCUT2D eigenvalue weighted by atomic mass is 35.5. The fraction of sp³-hybridized carbons (Fsp3) is 0.625. The Balaban J connectivity index is 1.78. The van der Waals surface area contributed by atoms with Crippen LogP contribution in [-0.2, 0) is 6.54 Å². The quantitative estimate of drug-likeness (QED) is 0.826. The van der Waals surface area contributed by atoms with Gasteiger partial charge in [-0.3, -0.25) is 4.90 Å². The molecule has 3 heteroatoms. The summed E-state index contributed by atoms with van der Waals surface area (Å²) < 4.78 is 0. The molecule has 2 atom stereocenters. The molecular formula is C16H23ClN2. The van der Waals surface area contributed by atoms with Crippen molar-refractivity contribution in [3.05, 3.63) is 28.8 Å². The molecule has 2 fully saturated rings. The summed E-state index contributed by atoms with van der Waals surface area (Å²) in [5.41, 5.74) is 8.05. The molecule has 1 aromatic rings. The summed E-state index contributed by atoms with van der Waals surface area (Å²) in [6.07, 6.45) is 8.32. The molecule has 1 aromatic carbocycles. The lowest BCUT2D eigenvalue weighted by molar-refractivity contribution is 0.0549. The first-order chi connectivity index (χ1) is 9.25. The van der Waals surface area contributed by atoms with E-state index in [0.717, 1.165) is 34.8 Å². The average Bonchev–Trinajstić information content (AvgIpc) is 2.43. The van der Waals surface area contributed by atoms with Gasteiger partial charge in [0.15, 0.2) is 0 Å². The van der Waals surface area contributed by atoms with Crippen LogP contribution in [0.2, 0.25) is 5.02 Å². The van der Waals surface area contributed by atoms with Crippen LogP contribution in [0.4, 0.5) is 5.69 Å². The number of benzene rings is 1. The number of hydrogen-bond acceptors (Lipinski definition) is 2.